The maximum atomic E-state index is 12.8. The molecule has 0 aromatic heterocycles. The fourth-order valence-electron chi connectivity index (χ4n) is 9.88. The molecule has 0 heterocycles. The van der Waals surface area contributed by atoms with Gasteiger partial charge in [-0.3, -0.25) is 4.79 Å². The summed E-state index contributed by atoms with van der Waals surface area (Å²) in [5.41, 5.74) is 1.55. The van der Waals surface area contributed by atoms with Gasteiger partial charge in [-0.15, -0.1) is 0 Å². The maximum absolute atomic E-state index is 12.8. The van der Waals surface area contributed by atoms with Crippen molar-refractivity contribution < 1.29 is 24.2 Å². The molecule has 0 bridgehead atoms. The Bertz CT molecular complexity index is 1130. The van der Waals surface area contributed by atoms with Crippen molar-refractivity contribution in [3.63, 3.8) is 0 Å². The molecule has 0 aliphatic heterocycles. The highest BCUT2D eigenvalue weighted by atomic mass is 16.6. The summed E-state index contributed by atoms with van der Waals surface area (Å²) < 4.78 is 11.5. The number of allylic oxidation sites excluding steroid dienone is 1. The molecular weight excluding hydrogens is 512 g/mol. The Kier molecular flexibility index (Phi) is 8.51. The molecule has 4 aliphatic rings. The van der Waals surface area contributed by atoms with E-state index in [4.69, 9.17) is 9.47 Å². The second kappa shape index (κ2) is 11.5. The van der Waals surface area contributed by atoms with E-state index in [1.54, 1.807) is 31.6 Å². The summed E-state index contributed by atoms with van der Waals surface area (Å²) in [6.07, 6.45) is 13.0. The predicted octanol–water partition coefficient (Wildman–Crippen LogP) is 7.91. The van der Waals surface area contributed by atoms with Gasteiger partial charge in [0.15, 0.2) is 0 Å². The van der Waals surface area contributed by atoms with Crippen LogP contribution in [-0.2, 0) is 14.3 Å². The zero-order valence-electron chi connectivity index (χ0n) is 26.2. The first-order valence-corrected chi connectivity index (χ1v) is 16.2. The largest absolute Gasteiger partial charge is 0.462 e. The molecule has 5 rings (SSSR count). The van der Waals surface area contributed by atoms with E-state index in [1.165, 1.54) is 39.0 Å². The first kappa shape index (κ1) is 30.3. The number of carbonyl (C=O) groups excluding carboxylic acids is 2. The van der Waals surface area contributed by atoms with Gasteiger partial charge in [-0.1, -0.05) is 50.6 Å². The van der Waals surface area contributed by atoms with E-state index >= 15 is 0 Å². The van der Waals surface area contributed by atoms with Crippen LogP contribution in [-0.4, -0.2) is 34.9 Å². The molecule has 1 aromatic rings. The molecule has 41 heavy (non-hydrogen) atoms. The topological polar surface area (TPSA) is 72.8 Å². The van der Waals surface area contributed by atoms with E-state index in [9.17, 15) is 14.7 Å². The van der Waals surface area contributed by atoms with Gasteiger partial charge in [0.05, 0.1) is 11.2 Å². The summed E-state index contributed by atoms with van der Waals surface area (Å²) in [5.74, 6) is 2.85. The van der Waals surface area contributed by atoms with Gasteiger partial charge in [-0.05, 0) is 124 Å². The Hall–Kier alpha value is -2.14. The highest BCUT2D eigenvalue weighted by Gasteiger charge is 2.59. The molecule has 5 nitrogen and oxygen atoms in total. The molecular formula is C36H52O5. The van der Waals surface area contributed by atoms with Crippen molar-refractivity contribution in [1.29, 1.82) is 0 Å². The Labute approximate surface area is 247 Å². The average molecular weight is 565 g/mol. The fourth-order valence-corrected chi connectivity index (χ4v) is 9.88. The molecule has 4 aliphatic carbocycles. The molecule has 0 saturated heterocycles. The van der Waals surface area contributed by atoms with Gasteiger partial charge < -0.3 is 14.6 Å². The van der Waals surface area contributed by atoms with Crippen LogP contribution in [0.1, 0.15) is 116 Å². The summed E-state index contributed by atoms with van der Waals surface area (Å²) in [4.78, 5) is 24.4. The lowest BCUT2D eigenvalue weighted by Gasteiger charge is -2.58. The predicted molar refractivity (Wildman–Crippen MR) is 161 cm³/mol. The van der Waals surface area contributed by atoms with Crippen molar-refractivity contribution in [1.82, 2.24) is 0 Å². The molecule has 0 radical (unpaired) electrons. The third kappa shape index (κ3) is 5.90. The van der Waals surface area contributed by atoms with Gasteiger partial charge in [0, 0.05) is 13.3 Å². The molecule has 3 fully saturated rings. The lowest BCUT2D eigenvalue weighted by molar-refractivity contribution is -0.148. The zero-order chi connectivity index (χ0) is 29.6. The van der Waals surface area contributed by atoms with E-state index in [2.05, 4.69) is 26.8 Å². The Morgan fingerprint density at radius 1 is 1.02 bits per heavy atom. The van der Waals surface area contributed by atoms with Gasteiger partial charge in [0.1, 0.15) is 12.2 Å². The fraction of sp³-hybridized carbons (Fsp3) is 0.722. The number of rotatable bonds is 8. The number of carbonyl (C=O) groups is 2. The van der Waals surface area contributed by atoms with Crippen LogP contribution in [0.15, 0.2) is 42.0 Å². The standard InChI is InChI=1S/C36H52O5/c1-23(12-17-32(34(3,4)39)41-33(38)25-10-8-7-9-11-25)29-15-16-30-28-14-13-26-22-27(40-24(2)37)18-20-35(26,5)31(28)19-21-36(29,30)6/h7-11,13,23,27-32,39H,12,14-22H2,1-6H3/t23-,27+,28+,29-,30+,31+,32+,35+,36-/m1/s1. The van der Waals surface area contributed by atoms with E-state index in [1.807, 2.05) is 18.2 Å². The minimum absolute atomic E-state index is 0.0497. The minimum atomic E-state index is -1.10. The lowest BCUT2D eigenvalue weighted by atomic mass is 9.47. The monoisotopic (exact) mass is 564 g/mol. The molecule has 1 N–H and O–H groups in total. The van der Waals surface area contributed by atoms with E-state index in [0.29, 0.717) is 29.2 Å². The number of esters is 2. The van der Waals surface area contributed by atoms with E-state index in [-0.39, 0.29) is 23.5 Å². The van der Waals surface area contributed by atoms with Crippen molar-refractivity contribution >= 4 is 11.9 Å². The Balaban J connectivity index is 1.24. The Morgan fingerprint density at radius 2 is 1.76 bits per heavy atom. The number of benzene rings is 1. The first-order chi connectivity index (χ1) is 19.3. The molecule has 0 unspecified atom stereocenters. The summed E-state index contributed by atoms with van der Waals surface area (Å²) in [6.45, 7) is 12.5. The molecule has 3 saturated carbocycles. The van der Waals surface area contributed by atoms with Gasteiger partial charge >= 0.3 is 11.9 Å². The second-order valence-electron chi connectivity index (χ2n) is 14.9. The molecule has 9 atom stereocenters. The van der Waals surface area contributed by atoms with Gasteiger partial charge in [-0.25, -0.2) is 4.79 Å². The number of fused-ring (bicyclic) bond motifs is 5. The van der Waals surface area contributed by atoms with Gasteiger partial charge in [0.2, 0.25) is 0 Å². The number of hydrogen-bond donors (Lipinski definition) is 1. The van der Waals surface area contributed by atoms with E-state index in [0.717, 1.165) is 43.4 Å². The van der Waals surface area contributed by atoms with Crippen molar-refractivity contribution in [2.24, 2.45) is 40.4 Å². The molecule has 0 spiro atoms. The zero-order valence-corrected chi connectivity index (χ0v) is 26.2. The van der Waals surface area contributed by atoms with Crippen molar-refractivity contribution in [2.75, 3.05) is 0 Å². The summed E-state index contributed by atoms with van der Waals surface area (Å²) in [7, 11) is 0. The van der Waals surface area contributed by atoms with Crippen LogP contribution in [0.3, 0.4) is 0 Å². The van der Waals surface area contributed by atoms with Crippen LogP contribution >= 0.6 is 0 Å². The number of aliphatic hydroxyl groups is 1. The molecule has 0 amide bonds. The average Bonchev–Trinajstić information content (AvgIpc) is 3.28. The highest BCUT2D eigenvalue weighted by Crippen LogP contribution is 2.67. The third-order valence-electron chi connectivity index (χ3n) is 12.1. The van der Waals surface area contributed by atoms with Crippen LogP contribution < -0.4 is 0 Å². The summed E-state index contributed by atoms with van der Waals surface area (Å²) in [5, 5.41) is 10.9. The van der Waals surface area contributed by atoms with Crippen molar-refractivity contribution in [2.45, 2.75) is 124 Å². The van der Waals surface area contributed by atoms with Crippen LogP contribution in [0.4, 0.5) is 0 Å². The Morgan fingerprint density at radius 3 is 2.44 bits per heavy atom. The van der Waals surface area contributed by atoms with E-state index < -0.39 is 11.7 Å². The first-order valence-electron chi connectivity index (χ1n) is 16.2. The third-order valence-corrected chi connectivity index (χ3v) is 12.1. The summed E-state index contributed by atoms with van der Waals surface area (Å²) >= 11 is 0. The van der Waals surface area contributed by atoms with Crippen molar-refractivity contribution in [3.05, 3.63) is 47.5 Å². The van der Waals surface area contributed by atoms with Gasteiger partial charge in [0.25, 0.3) is 0 Å². The van der Waals surface area contributed by atoms with Gasteiger partial charge in [-0.2, -0.15) is 0 Å². The quantitative estimate of drug-likeness (QED) is 0.257. The van der Waals surface area contributed by atoms with Crippen LogP contribution in [0.5, 0.6) is 0 Å². The second-order valence-corrected chi connectivity index (χ2v) is 14.9. The van der Waals surface area contributed by atoms with Crippen molar-refractivity contribution in [3.8, 4) is 0 Å². The SMILES string of the molecule is CC(=O)O[C@H]1CC[C@@]2(C)C(=CC[C@H]3[C@@H]4CC[C@H]([C@H](C)CC[C@H](OC(=O)c5ccccc5)C(C)(C)O)[C@@]4(C)CC[C@@H]32)C1. The van der Waals surface area contributed by atoms with Crippen LogP contribution in [0, 0.1) is 40.4 Å². The summed E-state index contributed by atoms with van der Waals surface area (Å²) in [6, 6.07) is 9.07. The highest BCUT2D eigenvalue weighted by molar-refractivity contribution is 5.89. The smallest absolute Gasteiger partial charge is 0.338 e. The minimum Gasteiger partial charge on any atom is -0.462 e. The molecule has 1 aromatic carbocycles. The van der Waals surface area contributed by atoms with Crippen LogP contribution in [0.2, 0.25) is 0 Å². The lowest BCUT2D eigenvalue weighted by Crippen LogP contribution is -2.51. The molecule has 226 valence electrons. The van der Waals surface area contributed by atoms with Crippen LogP contribution in [0.25, 0.3) is 0 Å². The maximum Gasteiger partial charge on any atom is 0.338 e. The number of ether oxygens (including phenoxy) is 2. The normalized spacial score (nSPS) is 36.2. The number of hydrogen-bond acceptors (Lipinski definition) is 5. The molecule has 5 heteroatoms.